The first-order valence-electron chi connectivity index (χ1n) is 10.2. The number of hydrogen-bond acceptors (Lipinski definition) is 9. The van der Waals surface area contributed by atoms with Crippen molar-refractivity contribution in [2.45, 2.75) is 0 Å². The summed E-state index contributed by atoms with van der Waals surface area (Å²) in [7, 11) is 0. The second-order valence-corrected chi connectivity index (χ2v) is 8.35. The maximum absolute atomic E-state index is 12.3. The summed E-state index contributed by atoms with van der Waals surface area (Å²) < 4.78 is 10.4. The van der Waals surface area contributed by atoms with Crippen molar-refractivity contribution < 1.29 is 33.6 Å². The maximum atomic E-state index is 12.3. The number of nitrogens with one attached hydrogen (secondary N) is 2. The van der Waals surface area contributed by atoms with Crippen molar-refractivity contribution in [2.24, 2.45) is 0 Å². The highest BCUT2D eigenvalue weighted by Gasteiger charge is 2.19. The van der Waals surface area contributed by atoms with Gasteiger partial charge in [-0.2, -0.15) is 0 Å². The molecule has 0 unspecified atom stereocenters. The molecule has 1 heterocycles. The number of nitrogens with zero attached hydrogens (tertiary/aromatic N) is 1. The monoisotopic (exact) mass is 531 g/mol. The van der Waals surface area contributed by atoms with Crippen molar-refractivity contribution in [2.75, 3.05) is 19.7 Å². The highest BCUT2D eigenvalue weighted by Crippen LogP contribution is 2.37. The Morgan fingerprint density at radius 1 is 0.972 bits per heavy atom. The predicted octanol–water partition coefficient (Wildman–Crippen LogP) is 3.37. The van der Waals surface area contributed by atoms with Crippen molar-refractivity contribution in [3.8, 4) is 11.5 Å². The van der Waals surface area contributed by atoms with Gasteiger partial charge in [0.2, 0.25) is 11.7 Å². The molecule has 0 fully saturated rings. The maximum Gasteiger partial charge on any atom is 0.325 e. The van der Waals surface area contributed by atoms with E-state index in [-0.39, 0.29) is 34.3 Å². The van der Waals surface area contributed by atoms with Crippen LogP contribution in [0.15, 0.2) is 60.0 Å². The van der Waals surface area contributed by atoms with Gasteiger partial charge in [0.1, 0.15) is 12.3 Å². The van der Waals surface area contributed by atoms with Crippen LogP contribution in [-0.2, 0) is 14.3 Å². The number of benzene rings is 2. The van der Waals surface area contributed by atoms with E-state index >= 15 is 0 Å². The van der Waals surface area contributed by atoms with Gasteiger partial charge in [-0.05, 0) is 41.8 Å². The van der Waals surface area contributed by atoms with Crippen LogP contribution in [0.3, 0.4) is 0 Å². The Balaban J connectivity index is 1.43. The number of carbonyl (C=O) groups excluding carboxylic acids is 4. The summed E-state index contributed by atoms with van der Waals surface area (Å²) in [6.07, 6.45) is 0. The molecule has 0 aliphatic rings. The smallest absolute Gasteiger partial charge is 0.325 e. The Labute approximate surface area is 213 Å². The van der Waals surface area contributed by atoms with E-state index in [2.05, 4.69) is 10.6 Å². The fourth-order valence-electron chi connectivity index (χ4n) is 2.74. The number of para-hydroxylation sites is 1. The molecule has 2 N–H and O–H groups in total. The topological polar surface area (TPSA) is 154 Å². The number of hydrogen-bond donors (Lipinski definition) is 2. The van der Waals surface area contributed by atoms with Gasteiger partial charge in [-0.3, -0.25) is 29.3 Å². The highest BCUT2D eigenvalue weighted by molar-refractivity contribution is 7.12. The van der Waals surface area contributed by atoms with Crippen LogP contribution in [0.4, 0.5) is 5.69 Å². The number of amides is 2. The number of thiophene rings is 1. The van der Waals surface area contributed by atoms with Crippen LogP contribution >= 0.6 is 22.9 Å². The first kappa shape index (κ1) is 26.3. The molecule has 0 bridgehead atoms. The molecule has 0 saturated heterocycles. The first-order valence-corrected chi connectivity index (χ1v) is 11.5. The molecule has 36 heavy (non-hydrogen) atoms. The van der Waals surface area contributed by atoms with E-state index in [0.29, 0.717) is 4.88 Å². The van der Waals surface area contributed by atoms with Gasteiger partial charge in [-0.25, -0.2) is 0 Å². The van der Waals surface area contributed by atoms with E-state index in [0.717, 1.165) is 0 Å². The molecule has 2 aromatic carbocycles. The number of carbonyl (C=O) groups is 4. The van der Waals surface area contributed by atoms with Crippen molar-refractivity contribution in [3.05, 3.63) is 85.6 Å². The predicted molar refractivity (Wildman–Crippen MR) is 130 cm³/mol. The number of Topliss-reactive ketones (excluding diaryl/α,β-unsaturated/α-hetero) is 1. The quantitative estimate of drug-likeness (QED) is 0.165. The molecule has 13 heteroatoms. The van der Waals surface area contributed by atoms with Crippen molar-refractivity contribution in [1.82, 2.24) is 10.6 Å². The van der Waals surface area contributed by atoms with Crippen LogP contribution in [0.1, 0.15) is 20.0 Å². The summed E-state index contributed by atoms with van der Waals surface area (Å²) in [5, 5.41) is 17.6. The molecular formula is C23H18ClN3O8S. The van der Waals surface area contributed by atoms with Crippen LogP contribution in [0.2, 0.25) is 5.02 Å². The van der Waals surface area contributed by atoms with Gasteiger partial charge >= 0.3 is 11.7 Å². The number of esters is 1. The van der Waals surface area contributed by atoms with Crippen LogP contribution in [0.25, 0.3) is 0 Å². The van der Waals surface area contributed by atoms with E-state index < -0.39 is 41.6 Å². The first-order chi connectivity index (χ1) is 17.2. The van der Waals surface area contributed by atoms with E-state index in [4.69, 9.17) is 21.1 Å². The SMILES string of the molecule is O=C(CNC(=O)c1cccs1)NCC(=O)OCC(=O)c1ccc(Oc2c(Cl)cccc2[N+](=O)[O-])cc1. The largest absolute Gasteiger partial charge is 0.456 e. The van der Waals surface area contributed by atoms with E-state index in [1.807, 2.05) is 0 Å². The number of nitro groups is 1. The highest BCUT2D eigenvalue weighted by atomic mass is 35.5. The van der Waals surface area contributed by atoms with Gasteiger partial charge < -0.3 is 20.1 Å². The Kier molecular flexibility index (Phi) is 9.08. The number of nitro benzene ring substituents is 1. The summed E-state index contributed by atoms with van der Waals surface area (Å²) in [6, 6.07) is 13.0. The standard InChI is InChI=1S/C23H18ClN3O8S/c24-16-3-1-4-17(27(32)33)22(16)35-15-8-6-14(7-9-15)18(28)13-34-21(30)12-25-20(29)11-26-23(31)19-5-2-10-36-19/h1-10H,11-13H2,(H,25,29)(H,26,31). The van der Waals surface area contributed by atoms with E-state index in [9.17, 15) is 29.3 Å². The van der Waals surface area contributed by atoms with Crippen molar-refractivity contribution in [3.63, 3.8) is 0 Å². The minimum Gasteiger partial charge on any atom is -0.456 e. The molecule has 186 valence electrons. The Morgan fingerprint density at radius 2 is 1.72 bits per heavy atom. The lowest BCUT2D eigenvalue weighted by atomic mass is 10.1. The Morgan fingerprint density at radius 3 is 2.39 bits per heavy atom. The number of ketones is 1. The van der Waals surface area contributed by atoms with E-state index in [1.165, 1.54) is 53.8 Å². The van der Waals surface area contributed by atoms with E-state index in [1.54, 1.807) is 17.5 Å². The fourth-order valence-corrected chi connectivity index (χ4v) is 3.59. The molecule has 0 radical (unpaired) electrons. The lowest BCUT2D eigenvalue weighted by Gasteiger charge is -2.09. The molecule has 0 aliphatic carbocycles. The zero-order valence-electron chi connectivity index (χ0n) is 18.4. The third-order valence-electron chi connectivity index (χ3n) is 4.49. The summed E-state index contributed by atoms with van der Waals surface area (Å²) in [5.74, 6) is -2.30. The third-order valence-corrected chi connectivity index (χ3v) is 5.65. The molecule has 0 saturated carbocycles. The summed E-state index contributed by atoms with van der Waals surface area (Å²) in [4.78, 5) is 58.6. The lowest BCUT2D eigenvalue weighted by Crippen LogP contribution is -2.39. The Hall–Kier alpha value is -4.29. The van der Waals surface area contributed by atoms with Crippen molar-refractivity contribution >= 4 is 52.2 Å². The third kappa shape index (κ3) is 7.35. The van der Waals surface area contributed by atoms with Gasteiger partial charge in [0, 0.05) is 11.6 Å². The molecule has 3 aromatic rings. The van der Waals surface area contributed by atoms with Gasteiger partial charge in [-0.1, -0.05) is 23.7 Å². The van der Waals surface area contributed by atoms with Crippen molar-refractivity contribution in [1.29, 1.82) is 0 Å². The van der Waals surface area contributed by atoms with Crippen LogP contribution < -0.4 is 15.4 Å². The second kappa shape index (κ2) is 12.4. The van der Waals surface area contributed by atoms with Crippen LogP contribution in [-0.4, -0.2) is 48.2 Å². The molecule has 0 spiro atoms. The second-order valence-electron chi connectivity index (χ2n) is 6.99. The average molecular weight is 532 g/mol. The summed E-state index contributed by atoms with van der Waals surface area (Å²) >= 11 is 7.22. The van der Waals surface area contributed by atoms with Crippen LogP contribution in [0.5, 0.6) is 11.5 Å². The zero-order chi connectivity index (χ0) is 26.1. The lowest BCUT2D eigenvalue weighted by molar-refractivity contribution is -0.385. The average Bonchev–Trinajstić information content (AvgIpc) is 3.41. The molecule has 3 rings (SSSR count). The summed E-state index contributed by atoms with van der Waals surface area (Å²) in [6.45, 7) is -1.38. The minimum atomic E-state index is -0.840. The fraction of sp³-hybridized carbons (Fsp3) is 0.130. The van der Waals surface area contributed by atoms with Gasteiger partial charge in [0.25, 0.3) is 5.91 Å². The van der Waals surface area contributed by atoms with Crippen LogP contribution in [0, 0.1) is 10.1 Å². The zero-order valence-corrected chi connectivity index (χ0v) is 20.0. The molecule has 0 atom stereocenters. The molecule has 0 aliphatic heterocycles. The number of rotatable bonds is 11. The van der Waals surface area contributed by atoms with Gasteiger partial charge in [0.15, 0.2) is 12.4 Å². The molecule has 2 amide bonds. The molecule has 11 nitrogen and oxygen atoms in total. The summed E-state index contributed by atoms with van der Waals surface area (Å²) in [5.41, 5.74) is -0.115. The van der Waals surface area contributed by atoms with Gasteiger partial charge in [0.05, 0.1) is 21.4 Å². The molecule has 1 aromatic heterocycles. The minimum absolute atomic E-state index is 0.0493. The normalized spacial score (nSPS) is 10.2. The number of halogens is 1. The molecular weight excluding hydrogens is 514 g/mol. The number of ether oxygens (including phenoxy) is 2. The van der Waals surface area contributed by atoms with Gasteiger partial charge in [-0.15, -0.1) is 11.3 Å². The Bertz CT molecular complexity index is 1280.